The monoisotopic (exact) mass is 347 g/mol. The summed E-state index contributed by atoms with van der Waals surface area (Å²) < 4.78 is 5.34. The summed E-state index contributed by atoms with van der Waals surface area (Å²) in [5.74, 6) is -1.11. The van der Waals surface area contributed by atoms with Crippen molar-refractivity contribution in [3.63, 3.8) is 0 Å². The van der Waals surface area contributed by atoms with Gasteiger partial charge >= 0.3 is 11.6 Å². The van der Waals surface area contributed by atoms with E-state index in [4.69, 9.17) is 4.42 Å². The molecule has 1 atom stereocenters. The fourth-order valence-corrected chi connectivity index (χ4v) is 2.90. The molecule has 0 aliphatic rings. The van der Waals surface area contributed by atoms with E-state index in [2.05, 4.69) is 12.2 Å². The number of rotatable bonds is 8. The van der Waals surface area contributed by atoms with E-state index in [9.17, 15) is 19.8 Å². The molecule has 0 spiro atoms. The van der Waals surface area contributed by atoms with Crippen LogP contribution in [0.4, 0.5) is 0 Å². The van der Waals surface area contributed by atoms with Gasteiger partial charge in [0.25, 0.3) is 0 Å². The van der Waals surface area contributed by atoms with Gasteiger partial charge < -0.3 is 14.6 Å². The van der Waals surface area contributed by atoms with Gasteiger partial charge in [-0.05, 0) is 36.5 Å². The highest BCUT2D eigenvalue weighted by Crippen LogP contribution is 2.29. The molecule has 3 N–H and O–H groups in total. The van der Waals surface area contributed by atoms with Crippen molar-refractivity contribution in [2.75, 3.05) is 0 Å². The van der Waals surface area contributed by atoms with Crippen LogP contribution in [0.25, 0.3) is 11.0 Å². The second-order valence-electron chi connectivity index (χ2n) is 6.57. The van der Waals surface area contributed by atoms with Crippen LogP contribution in [0.15, 0.2) is 27.4 Å². The molecular weight excluding hydrogens is 322 g/mol. The maximum absolute atomic E-state index is 11.9. The smallest absolute Gasteiger partial charge is 0.336 e. The van der Waals surface area contributed by atoms with Gasteiger partial charge in [0.1, 0.15) is 17.4 Å². The van der Waals surface area contributed by atoms with E-state index in [0.717, 1.165) is 30.2 Å². The minimum absolute atomic E-state index is 0.0244. The molecule has 2 rings (SSSR count). The van der Waals surface area contributed by atoms with Gasteiger partial charge in [-0.2, -0.15) is 0 Å². The third-order valence-electron chi connectivity index (χ3n) is 4.31. The van der Waals surface area contributed by atoms with E-state index in [0.29, 0.717) is 11.1 Å². The Labute approximate surface area is 146 Å². The lowest BCUT2D eigenvalue weighted by molar-refractivity contribution is -0.140. The van der Waals surface area contributed by atoms with Crippen molar-refractivity contribution in [3.05, 3.63) is 39.7 Å². The Kier molecular flexibility index (Phi) is 6.20. The topological polar surface area (TPSA) is 99.8 Å². The van der Waals surface area contributed by atoms with Crippen LogP contribution in [0.3, 0.4) is 0 Å². The Balaban J connectivity index is 2.45. The van der Waals surface area contributed by atoms with Gasteiger partial charge in [-0.1, -0.05) is 27.2 Å². The highest BCUT2D eigenvalue weighted by molar-refractivity contribution is 5.85. The summed E-state index contributed by atoms with van der Waals surface area (Å²) in [6, 6.07) is 4.02. The lowest BCUT2D eigenvalue weighted by atomic mass is 10.0. The molecule has 0 aliphatic carbocycles. The number of unbranched alkanes of at least 4 members (excludes halogenated alkanes) is 1. The summed E-state index contributed by atoms with van der Waals surface area (Å²) in [4.78, 5) is 23.3. The van der Waals surface area contributed by atoms with Crippen molar-refractivity contribution in [1.82, 2.24) is 5.32 Å². The first-order valence-corrected chi connectivity index (χ1v) is 8.58. The van der Waals surface area contributed by atoms with Crippen LogP contribution < -0.4 is 10.9 Å². The standard InChI is InChI=1S/C19H25NO5/c1-4-5-6-12-9-16(22)25-18-13(12)7-8-15(21)14(18)10-20-17(11(2)3)19(23)24/h7-9,11,17,20-21H,4-6,10H2,1-3H3,(H,23,24)/t17-/m1/s1. The normalized spacial score (nSPS) is 12.6. The summed E-state index contributed by atoms with van der Waals surface area (Å²) in [6.07, 6.45) is 2.70. The number of fused-ring (bicyclic) bond motifs is 1. The van der Waals surface area contributed by atoms with E-state index in [-0.39, 0.29) is 18.2 Å². The SMILES string of the molecule is CCCCc1cc(=O)oc2c(CN[C@@H](C(=O)O)C(C)C)c(O)ccc12. The molecule has 0 radical (unpaired) electrons. The van der Waals surface area contributed by atoms with Gasteiger partial charge in [-0.3, -0.25) is 10.1 Å². The average Bonchev–Trinajstić information content (AvgIpc) is 2.53. The number of phenolic OH excluding ortho intramolecular Hbond substituents is 1. The fourth-order valence-electron chi connectivity index (χ4n) is 2.90. The molecule has 1 aromatic heterocycles. The fraction of sp³-hybridized carbons (Fsp3) is 0.474. The molecular formula is C19H25NO5. The third-order valence-corrected chi connectivity index (χ3v) is 4.31. The van der Waals surface area contributed by atoms with Crippen LogP contribution in [-0.2, 0) is 17.8 Å². The molecule has 0 saturated heterocycles. The van der Waals surface area contributed by atoms with Crippen LogP contribution in [0.5, 0.6) is 5.75 Å². The largest absolute Gasteiger partial charge is 0.507 e. The zero-order valence-corrected chi connectivity index (χ0v) is 14.8. The first-order valence-electron chi connectivity index (χ1n) is 8.58. The number of hydrogen-bond acceptors (Lipinski definition) is 5. The quantitative estimate of drug-likeness (QED) is 0.635. The first-order chi connectivity index (χ1) is 11.8. The molecule has 25 heavy (non-hydrogen) atoms. The lowest BCUT2D eigenvalue weighted by Gasteiger charge is -2.19. The molecule has 2 aromatic rings. The minimum atomic E-state index is -0.959. The predicted octanol–water partition coefficient (Wildman–Crippen LogP) is 3.04. The molecule has 0 unspecified atom stereocenters. The first kappa shape index (κ1) is 19.0. The summed E-state index contributed by atoms with van der Waals surface area (Å²) >= 11 is 0. The number of carboxylic acid groups (broad SMARTS) is 1. The minimum Gasteiger partial charge on any atom is -0.507 e. The highest BCUT2D eigenvalue weighted by Gasteiger charge is 2.22. The molecule has 6 nitrogen and oxygen atoms in total. The number of benzene rings is 1. The summed E-state index contributed by atoms with van der Waals surface area (Å²) in [6.45, 7) is 5.78. The van der Waals surface area contributed by atoms with Crippen molar-refractivity contribution in [2.45, 2.75) is 52.6 Å². The van der Waals surface area contributed by atoms with Crippen LogP contribution in [0, 0.1) is 5.92 Å². The van der Waals surface area contributed by atoms with Crippen molar-refractivity contribution in [3.8, 4) is 5.75 Å². The van der Waals surface area contributed by atoms with Crippen molar-refractivity contribution >= 4 is 16.9 Å². The number of carboxylic acids is 1. The van der Waals surface area contributed by atoms with Gasteiger partial charge in [-0.15, -0.1) is 0 Å². The lowest BCUT2D eigenvalue weighted by Crippen LogP contribution is -2.40. The van der Waals surface area contributed by atoms with Crippen LogP contribution in [0.1, 0.15) is 44.7 Å². The van der Waals surface area contributed by atoms with Gasteiger partial charge in [0.15, 0.2) is 0 Å². The third kappa shape index (κ3) is 4.39. The molecule has 6 heteroatoms. The number of aryl methyl sites for hydroxylation is 1. The van der Waals surface area contributed by atoms with Gasteiger partial charge in [0.05, 0.1) is 5.56 Å². The van der Waals surface area contributed by atoms with Gasteiger partial charge in [0, 0.05) is 18.0 Å². The molecule has 0 amide bonds. The molecule has 0 saturated carbocycles. The zero-order chi connectivity index (χ0) is 18.6. The molecule has 136 valence electrons. The van der Waals surface area contributed by atoms with E-state index >= 15 is 0 Å². The van der Waals surface area contributed by atoms with Crippen molar-refractivity contribution in [2.24, 2.45) is 5.92 Å². The van der Waals surface area contributed by atoms with Gasteiger partial charge in [0.2, 0.25) is 0 Å². The van der Waals surface area contributed by atoms with Crippen LogP contribution in [-0.4, -0.2) is 22.2 Å². The Morgan fingerprint density at radius 3 is 2.64 bits per heavy atom. The average molecular weight is 347 g/mol. The summed E-state index contributed by atoms with van der Waals surface area (Å²) in [5.41, 5.74) is 1.14. The van der Waals surface area contributed by atoms with Crippen LogP contribution in [0.2, 0.25) is 0 Å². The summed E-state index contributed by atoms with van der Waals surface area (Å²) in [7, 11) is 0. The van der Waals surface area contributed by atoms with E-state index < -0.39 is 17.6 Å². The van der Waals surface area contributed by atoms with E-state index in [1.165, 1.54) is 6.07 Å². The van der Waals surface area contributed by atoms with Crippen molar-refractivity contribution < 1.29 is 19.4 Å². The van der Waals surface area contributed by atoms with Gasteiger partial charge in [-0.25, -0.2) is 4.79 Å². The molecule has 0 aliphatic heterocycles. The highest BCUT2D eigenvalue weighted by atomic mass is 16.4. The Morgan fingerprint density at radius 1 is 1.32 bits per heavy atom. The Hall–Kier alpha value is -2.34. The Morgan fingerprint density at radius 2 is 2.04 bits per heavy atom. The molecule has 0 bridgehead atoms. The Bertz CT molecular complexity index is 809. The zero-order valence-electron chi connectivity index (χ0n) is 14.8. The second-order valence-corrected chi connectivity index (χ2v) is 6.57. The molecule has 0 fully saturated rings. The maximum Gasteiger partial charge on any atom is 0.336 e. The van der Waals surface area contributed by atoms with E-state index in [1.54, 1.807) is 26.0 Å². The number of hydrogen-bond donors (Lipinski definition) is 3. The number of aromatic hydroxyl groups is 1. The predicted molar refractivity (Wildman–Crippen MR) is 95.9 cm³/mol. The number of carbonyl (C=O) groups is 1. The van der Waals surface area contributed by atoms with Crippen LogP contribution >= 0.6 is 0 Å². The number of nitrogens with one attached hydrogen (secondary N) is 1. The maximum atomic E-state index is 11.9. The summed E-state index contributed by atoms with van der Waals surface area (Å²) in [5, 5.41) is 23.2. The van der Waals surface area contributed by atoms with Crippen molar-refractivity contribution in [1.29, 1.82) is 0 Å². The number of phenols is 1. The van der Waals surface area contributed by atoms with E-state index in [1.807, 2.05) is 0 Å². The molecule has 1 aromatic carbocycles. The second kappa shape index (κ2) is 8.16. The molecule has 1 heterocycles. The number of aliphatic carboxylic acids is 1.